The monoisotopic (exact) mass is 521 g/mol. The molecule has 1 aromatic heterocycles. The van der Waals surface area contributed by atoms with Crippen LogP contribution in [0.25, 0.3) is 6.08 Å². The van der Waals surface area contributed by atoms with Gasteiger partial charge in [-0.15, -0.1) is 0 Å². The summed E-state index contributed by atoms with van der Waals surface area (Å²) in [6.07, 6.45) is 7.41. The second kappa shape index (κ2) is 10.6. The standard InChI is InChI=1S/C29H30ClFN4O2/c1-37-24-7-4-21(5-8-24)3-2-16-35(28(36)34-19-22-10-13-33-27(30)17-22)20-29(11-14-32-15-12-29)25-18-23(31)6-9-26(25)35/h2-10,13,17-18,32H,11-12,14-16,19-20H2,1H3/p+1/b3-2+. The van der Waals surface area contributed by atoms with Crippen molar-refractivity contribution in [1.82, 2.24) is 20.1 Å². The Morgan fingerprint density at radius 3 is 2.70 bits per heavy atom. The summed E-state index contributed by atoms with van der Waals surface area (Å²) < 4.78 is 19.9. The number of amides is 2. The molecule has 37 heavy (non-hydrogen) atoms. The van der Waals surface area contributed by atoms with Crippen molar-refractivity contribution in [2.24, 2.45) is 0 Å². The minimum absolute atomic E-state index is 0.0844. The van der Waals surface area contributed by atoms with Crippen LogP contribution in [0.2, 0.25) is 5.15 Å². The Bertz CT molecular complexity index is 1310. The highest BCUT2D eigenvalue weighted by atomic mass is 35.5. The zero-order valence-corrected chi connectivity index (χ0v) is 21.6. The first kappa shape index (κ1) is 25.4. The topological polar surface area (TPSA) is 63.2 Å². The van der Waals surface area contributed by atoms with E-state index in [1.807, 2.05) is 42.5 Å². The minimum Gasteiger partial charge on any atom is -0.497 e. The molecule has 3 aromatic rings. The van der Waals surface area contributed by atoms with Crippen LogP contribution in [-0.2, 0) is 12.0 Å². The molecular formula is C29H31ClFN4O2+. The number of rotatable bonds is 6. The summed E-state index contributed by atoms with van der Waals surface area (Å²) in [5.41, 5.74) is 3.45. The number of piperidine rings is 1. The molecule has 2 aromatic carbocycles. The summed E-state index contributed by atoms with van der Waals surface area (Å²) in [5, 5.41) is 6.94. The van der Waals surface area contributed by atoms with Crippen LogP contribution < -0.4 is 19.9 Å². The summed E-state index contributed by atoms with van der Waals surface area (Å²) in [4.78, 5) is 18.1. The third-order valence-electron chi connectivity index (χ3n) is 7.59. The molecule has 2 aliphatic rings. The molecule has 1 fully saturated rings. The first-order valence-electron chi connectivity index (χ1n) is 12.5. The van der Waals surface area contributed by atoms with Crippen LogP contribution in [-0.4, -0.2) is 44.3 Å². The van der Waals surface area contributed by atoms with E-state index in [1.165, 1.54) is 6.07 Å². The summed E-state index contributed by atoms with van der Waals surface area (Å²) in [6.45, 7) is 3.05. The Balaban J connectivity index is 1.50. The van der Waals surface area contributed by atoms with Crippen LogP contribution in [0.15, 0.2) is 66.9 Å². The molecule has 2 aliphatic heterocycles. The molecule has 1 atom stereocenters. The lowest BCUT2D eigenvalue weighted by Gasteiger charge is -2.36. The van der Waals surface area contributed by atoms with Gasteiger partial charge >= 0.3 is 6.03 Å². The Hall–Kier alpha value is -3.26. The summed E-state index contributed by atoms with van der Waals surface area (Å²) in [6, 6.07) is 16.2. The maximum Gasteiger partial charge on any atom is 0.422 e. The van der Waals surface area contributed by atoms with Gasteiger partial charge in [0.25, 0.3) is 0 Å². The van der Waals surface area contributed by atoms with Crippen LogP contribution >= 0.6 is 11.6 Å². The molecule has 1 saturated heterocycles. The van der Waals surface area contributed by atoms with Crippen molar-refractivity contribution in [3.8, 4) is 5.75 Å². The first-order chi connectivity index (χ1) is 17.9. The quantitative estimate of drug-likeness (QED) is 0.334. The van der Waals surface area contributed by atoms with Crippen LogP contribution in [0.1, 0.15) is 29.5 Å². The average molecular weight is 522 g/mol. The van der Waals surface area contributed by atoms with Crippen molar-refractivity contribution in [2.45, 2.75) is 24.8 Å². The van der Waals surface area contributed by atoms with E-state index in [9.17, 15) is 9.18 Å². The Morgan fingerprint density at radius 1 is 1.19 bits per heavy atom. The van der Waals surface area contributed by atoms with Gasteiger partial charge in [-0.05, 0) is 79.5 Å². The van der Waals surface area contributed by atoms with E-state index in [1.54, 1.807) is 31.5 Å². The number of nitrogens with one attached hydrogen (secondary N) is 2. The highest BCUT2D eigenvalue weighted by Crippen LogP contribution is 2.50. The SMILES string of the molecule is COc1ccc(/C=C/C[N+]2(C(=O)NCc3ccnc(Cl)c3)CC3(CCNCC3)c3cc(F)ccc32)cc1. The maximum absolute atomic E-state index is 14.5. The Morgan fingerprint density at radius 2 is 1.97 bits per heavy atom. The maximum atomic E-state index is 14.5. The summed E-state index contributed by atoms with van der Waals surface area (Å²) in [7, 11) is 1.64. The molecule has 0 aliphatic carbocycles. The molecule has 5 rings (SSSR count). The molecule has 1 spiro atoms. The second-order valence-corrected chi connectivity index (χ2v) is 10.2. The third-order valence-corrected chi connectivity index (χ3v) is 7.80. The lowest BCUT2D eigenvalue weighted by atomic mass is 9.75. The normalized spacial score (nSPS) is 20.2. The molecule has 1 unspecified atom stereocenters. The number of methoxy groups -OCH3 is 1. The largest absolute Gasteiger partial charge is 0.497 e. The van der Waals surface area contributed by atoms with Gasteiger partial charge in [0.1, 0.15) is 35.5 Å². The number of fused-ring (bicyclic) bond motifs is 2. The number of aromatic nitrogens is 1. The highest BCUT2D eigenvalue weighted by molar-refractivity contribution is 6.29. The number of quaternary nitrogens is 1. The number of halogens is 2. The fourth-order valence-electron chi connectivity index (χ4n) is 5.72. The van der Waals surface area contributed by atoms with Gasteiger partial charge in [0.2, 0.25) is 0 Å². The third kappa shape index (κ3) is 5.12. The smallest absolute Gasteiger partial charge is 0.422 e. The number of hydrogen-bond acceptors (Lipinski definition) is 4. The fraction of sp³-hybridized carbons (Fsp3) is 0.310. The zero-order chi connectivity index (χ0) is 25.9. The van der Waals surface area contributed by atoms with Crippen LogP contribution in [0.3, 0.4) is 0 Å². The number of hydrogen-bond donors (Lipinski definition) is 2. The lowest BCUT2D eigenvalue weighted by molar-refractivity contribution is 0.189. The molecule has 0 bridgehead atoms. The van der Waals surface area contributed by atoms with Crippen molar-refractivity contribution in [3.63, 3.8) is 0 Å². The molecule has 8 heteroatoms. The molecule has 0 saturated carbocycles. The number of pyridine rings is 1. The van der Waals surface area contributed by atoms with E-state index in [2.05, 4.69) is 15.6 Å². The molecule has 2 amide bonds. The Kier molecular flexibility index (Phi) is 7.29. The van der Waals surface area contributed by atoms with Gasteiger partial charge in [0.05, 0.1) is 12.5 Å². The predicted octanol–water partition coefficient (Wildman–Crippen LogP) is 5.45. The molecule has 0 radical (unpaired) electrons. The van der Waals surface area contributed by atoms with E-state index < -0.39 is 0 Å². The molecular weight excluding hydrogens is 491 g/mol. The molecule has 3 heterocycles. The summed E-state index contributed by atoms with van der Waals surface area (Å²) in [5.74, 6) is 0.525. The Labute approximate surface area is 221 Å². The number of nitrogens with zero attached hydrogens (tertiary/aromatic N) is 2. The van der Waals surface area contributed by atoms with Gasteiger partial charge in [0, 0.05) is 24.4 Å². The second-order valence-electron chi connectivity index (χ2n) is 9.82. The molecule has 2 N–H and O–H groups in total. The van der Waals surface area contributed by atoms with Gasteiger partial charge in [-0.2, -0.15) is 0 Å². The van der Waals surface area contributed by atoms with E-state index in [0.29, 0.717) is 24.8 Å². The number of carbonyl (C=O) groups excluding carboxylic acids is 1. The van der Waals surface area contributed by atoms with E-state index in [4.69, 9.17) is 16.3 Å². The van der Waals surface area contributed by atoms with E-state index in [-0.39, 0.29) is 21.7 Å². The van der Waals surface area contributed by atoms with Crippen molar-refractivity contribution in [2.75, 3.05) is 33.3 Å². The average Bonchev–Trinajstić information content (AvgIpc) is 3.17. The first-order valence-corrected chi connectivity index (χ1v) is 12.9. The van der Waals surface area contributed by atoms with Crippen LogP contribution in [0.4, 0.5) is 14.9 Å². The molecule has 192 valence electrons. The van der Waals surface area contributed by atoms with Crippen molar-refractivity contribution in [3.05, 3.63) is 94.5 Å². The summed E-state index contributed by atoms with van der Waals surface area (Å²) >= 11 is 6.05. The van der Waals surface area contributed by atoms with Crippen LogP contribution in [0.5, 0.6) is 5.75 Å². The highest BCUT2D eigenvalue weighted by Gasteiger charge is 2.57. The van der Waals surface area contributed by atoms with Crippen molar-refractivity contribution in [1.29, 1.82) is 0 Å². The fourth-order valence-corrected chi connectivity index (χ4v) is 5.91. The zero-order valence-electron chi connectivity index (χ0n) is 20.8. The lowest BCUT2D eigenvalue weighted by Crippen LogP contribution is -2.60. The number of carbonyl (C=O) groups is 1. The van der Waals surface area contributed by atoms with Crippen molar-refractivity contribution >= 4 is 29.4 Å². The number of urea groups is 1. The number of ether oxygens (including phenoxy) is 1. The number of benzene rings is 2. The van der Waals surface area contributed by atoms with Crippen LogP contribution in [0, 0.1) is 5.82 Å². The van der Waals surface area contributed by atoms with E-state index in [0.717, 1.165) is 54.1 Å². The minimum atomic E-state index is -0.266. The van der Waals surface area contributed by atoms with Gasteiger partial charge in [-0.25, -0.2) is 18.7 Å². The van der Waals surface area contributed by atoms with E-state index >= 15 is 0 Å². The van der Waals surface area contributed by atoms with Gasteiger partial charge < -0.3 is 15.4 Å². The van der Waals surface area contributed by atoms with Gasteiger partial charge in [-0.3, -0.25) is 0 Å². The van der Waals surface area contributed by atoms with Gasteiger partial charge in [-0.1, -0.05) is 29.8 Å². The molecule has 6 nitrogen and oxygen atoms in total. The van der Waals surface area contributed by atoms with Crippen molar-refractivity contribution < 1.29 is 13.9 Å². The predicted molar refractivity (Wildman–Crippen MR) is 145 cm³/mol. The van der Waals surface area contributed by atoms with Gasteiger partial charge in [0.15, 0.2) is 0 Å².